The fraction of sp³-hybridized carbons (Fsp3) is 0.357. The van der Waals surface area contributed by atoms with Crippen LogP contribution in [-0.4, -0.2) is 45.7 Å². The maximum Gasteiger partial charge on any atom is 0.303 e. The van der Waals surface area contributed by atoms with Crippen LogP contribution in [0, 0.1) is 18.6 Å². The third-order valence-corrected chi connectivity index (χ3v) is 6.77. The number of aryl methyl sites for hydroxylation is 2. The number of carboxylic acid groups (broad SMARTS) is 1. The molecule has 1 aliphatic rings. The molecule has 0 amide bonds. The topological polar surface area (TPSA) is 131 Å². The minimum atomic E-state index is -0.928. The van der Waals surface area contributed by atoms with Crippen molar-refractivity contribution in [3.63, 3.8) is 0 Å². The summed E-state index contributed by atoms with van der Waals surface area (Å²) in [5, 5.41) is 11.7. The van der Waals surface area contributed by atoms with Crippen molar-refractivity contribution in [3.05, 3.63) is 65.1 Å². The summed E-state index contributed by atoms with van der Waals surface area (Å²) in [6.45, 7) is 4.00. The van der Waals surface area contributed by atoms with Gasteiger partial charge in [-0.05, 0) is 56.0 Å². The number of hydrogen-bond donors (Lipinski definition) is 2. The lowest BCUT2D eigenvalue weighted by molar-refractivity contribution is -0.137. The van der Waals surface area contributed by atoms with E-state index in [0.29, 0.717) is 30.4 Å². The number of fused-ring (bicyclic) bond motifs is 1. The number of carboxylic acids is 1. The highest BCUT2D eigenvalue weighted by molar-refractivity contribution is 5.86. The zero-order valence-electron chi connectivity index (χ0n) is 21.9. The molecule has 210 valence electrons. The number of hydrogen-bond acceptors (Lipinski definition) is 9. The maximum atomic E-state index is 15.3. The molecular weight excluding hydrogens is 526 g/mol. The Bertz CT molecular complexity index is 1550. The van der Waals surface area contributed by atoms with E-state index in [-0.39, 0.29) is 47.7 Å². The van der Waals surface area contributed by atoms with Gasteiger partial charge in [-0.1, -0.05) is 12.1 Å². The molecule has 3 heterocycles. The van der Waals surface area contributed by atoms with E-state index >= 15 is 4.39 Å². The summed E-state index contributed by atoms with van der Waals surface area (Å²) in [7, 11) is 0. The summed E-state index contributed by atoms with van der Waals surface area (Å²) in [6.07, 6.45) is 1.55. The predicted octanol–water partition coefficient (Wildman–Crippen LogP) is 5.31. The van der Waals surface area contributed by atoms with Gasteiger partial charge in [0.25, 0.3) is 12.0 Å². The summed E-state index contributed by atoms with van der Waals surface area (Å²) >= 11 is 0. The molecular formula is C28H28F2N4O6. The third kappa shape index (κ3) is 5.96. The number of rotatable bonds is 11. The molecule has 1 unspecified atom stereocenters. The zero-order chi connectivity index (χ0) is 28.4. The van der Waals surface area contributed by atoms with E-state index in [2.05, 4.69) is 15.3 Å². The van der Waals surface area contributed by atoms with Gasteiger partial charge in [-0.3, -0.25) is 9.59 Å². The van der Waals surface area contributed by atoms with Gasteiger partial charge in [-0.2, -0.15) is 4.98 Å². The fourth-order valence-corrected chi connectivity index (χ4v) is 4.55. The van der Waals surface area contributed by atoms with Crippen LogP contribution < -0.4 is 10.2 Å². The number of ketones is 1. The molecule has 2 aromatic heterocycles. The summed E-state index contributed by atoms with van der Waals surface area (Å²) in [6, 6.07) is 7.57. The largest absolute Gasteiger partial charge is 0.481 e. The second-order valence-corrected chi connectivity index (χ2v) is 9.70. The number of ether oxygens (including phenoxy) is 1. The Morgan fingerprint density at radius 2 is 2.08 bits per heavy atom. The number of benzene rings is 2. The van der Waals surface area contributed by atoms with E-state index < -0.39 is 29.9 Å². The minimum absolute atomic E-state index is 0.00163. The van der Waals surface area contributed by atoms with Crippen LogP contribution in [0.25, 0.3) is 11.1 Å². The van der Waals surface area contributed by atoms with Crippen molar-refractivity contribution >= 4 is 40.6 Å². The number of carbonyl (C=O) groups is 2. The quantitative estimate of drug-likeness (QED) is 0.252. The van der Waals surface area contributed by atoms with Crippen molar-refractivity contribution in [1.29, 1.82) is 0 Å². The minimum Gasteiger partial charge on any atom is -0.481 e. The van der Waals surface area contributed by atoms with Gasteiger partial charge in [0.1, 0.15) is 29.4 Å². The van der Waals surface area contributed by atoms with Gasteiger partial charge in [-0.25, -0.2) is 13.8 Å². The first-order valence-electron chi connectivity index (χ1n) is 12.9. The first-order chi connectivity index (χ1) is 19.2. The van der Waals surface area contributed by atoms with Gasteiger partial charge >= 0.3 is 5.97 Å². The second-order valence-electron chi connectivity index (χ2n) is 9.70. The van der Waals surface area contributed by atoms with Gasteiger partial charge < -0.3 is 28.9 Å². The SMILES string of the molecule is Cc1ccc(F)cc1Nc1nc2ccc(CC(=O)C(C)O[C@H]3CCCN3c3ncc(CCC(=O)O)o3)c(F)c2o1. The lowest BCUT2D eigenvalue weighted by Crippen LogP contribution is -2.37. The summed E-state index contributed by atoms with van der Waals surface area (Å²) < 4.78 is 46.2. The molecule has 0 bridgehead atoms. The van der Waals surface area contributed by atoms with Crippen molar-refractivity contribution in [1.82, 2.24) is 9.97 Å². The average molecular weight is 555 g/mol. The molecule has 2 aromatic carbocycles. The van der Waals surface area contributed by atoms with Crippen molar-refractivity contribution in [3.8, 4) is 0 Å². The molecule has 0 spiro atoms. The molecule has 4 aromatic rings. The molecule has 12 heteroatoms. The number of Topliss-reactive ketones (excluding diaryl/α,β-unsaturated/α-hetero) is 1. The maximum absolute atomic E-state index is 15.3. The van der Waals surface area contributed by atoms with E-state index in [9.17, 15) is 14.0 Å². The van der Waals surface area contributed by atoms with Crippen molar-refractivity contribution in [2.45, 2.75) is 58.3 Å². The highest BCUT2D eigenvalue weighted by Crippen LogP contribution is 2.30. The Labute approximate surface area is 228 Å². The highest BCUT2D eigenvalue weighted by Gasteiger charge is 2.32. The normalized spacial score (nSPS) is 16.0. The molecule has 2 atom stereocenters. The number of aromatic nitrogens is 2. The first-order valence-corrected chi connectivity index (χ1v) is 12.9. The number of oxazole rings is 2. The fourth-order valence-electron chi connectivity index (χ4n) is 4.55. The standard InChI is InChI=1S/C28H28F2N4O6/c1-15-5-7-18(29)13-21(15)33-27-32-20-9-6-17(25(30)26(20)40-27)12-22(35)16(2)38-23-4-3-11-34(23)28-31-14-19(39-28)8-10-24(36)37/h5-7,9,13-14,16,23H,3-4,8,10-12H2,1-2H3,(H,32,33)(H,36,37)/t16?,23-/m0/s1. The Kier molecular flexibility index (Phi) is 7.78. The van der Waals surface area contributed by atoms with Gasteiger partial charge in [0.15, 0.2) is 17.2 Å². The zero-order valence-corrected chi connectivity index (χ0v) is 21.9. The van der Waals surface area contributed by atoms with E-state index in [1.54, 1.807) is 30.9 Å². The van der Waals surface area contributed by atoms with Crippen LogP contribution >= 0.6 is 0 Å². The Balaban J connectivity index is 1.23. The van der Waals surface area contributed by atoms with E-state index in [1.165, 1.54) is 24.4 Å². The molecule has 0 radical (unpaired) electrons. The number of nitrogens with one attached hydrogen (secondary N) is 1. The van der Waals surface area contributed by atoms with Gasteiger partial charge in [0.2, 0.25) is 0 Å². The Morgan fingerprint density at radius 3 is 2.88 bits per heavy atom. The molecule has 0 saturated carbocycles. The second kappa shape index (κ2) is 11.4. The first kappa shape index (κ1) is 27.3. The van der Waals surface area contributed by atoms with Gasteiger partial charge in [0, 0.05) is 25.1 Å². The van der Waals surface area contributed by atoms with Crippen molar-refractivity contribution in [2.75, 3.05) is 16.8 Å². The lowest BCUT2D eigenvalue weighted by Gasteiger charge is -2.25. The van der Waals surface area contributed by atoms with Gasteiger partial charge in [0.05, 0.1) is 12.6 Å². The molecule has 2 N–H and O–H groups in total. The smallest absolute Gasteiger partial charge is 0.303 e. The number of halogens is 2. The van der Waals surface area contributed by atoms with Gasteiger partial charge in [-0.15, -0.1) is 0 Å². The van der Waals surface area contributed by atoms with Crippen LogP contribution in [0.2, 0.25) is 0 Å². The number of anilines is 3. The Morgan fingerprint density at radius 1 is 1.25 bits per heavy atom. The van der Waals surface area contributed by atoms with Crippen LogP contribution in [0.1, 0.15) is 43.1 Å². The molecule has 1 saturated heterocycles. The number of aliphatic carboxylic acids is 1. The number of carbonyl (C=O) groups excluding carboxylic acids is 1. The molecule has 10 nitrogen and oxygen atoms in total. The Hall–Kier alpha value is -4.32. The summed E-state index contributed by atoms with van der Waals surface area (Å²) in [4.78, 5) is 34.1. The highest BCUT2D eigenvalue weighted by atomic mass is 19.1. The van der Waals surface area contributed by atoms with E-state index in [0.717, 1.165) is 12.0 Å². The van der Waals surface area contributed by atoms with E-state index in [4.69, 9.17) is 18.7 Å². The summed E-state index contributed by atoms with van der Waals surface area (Å²) in [5.74, 6) is -1.94. The van der Waals surface area contributed by atoms with Crippen LogP contribution in [0.3, 0.4) is 0 Å². The molecule has 1 aliphatic heterocycles. The van der Waals surface area contributed by atoms with Crippen molar-refractivity contribution < 1.29 is 37.0 Å². The molecule has 0 aliphatic carbocycles. The monoisotopic (exact) mass is 554 g/mol. The predicted molar refractivity (Wildman–Crippen MR) is 140 cm³/mol. The number of nitrogens with zero attached hydrogens (tertiary/aromatic N) is 3. The van der Waals surface area contributed by atoms with Crippen LogP contribution in [-0.2, 0) is 27.2 Å². The third-order valence-electron chi connectivity index (χ3n) is 6.77. The van der Waals surface area contributed by atoms with Crippen LogP contribution in [0.15, 0.2) is 45.4 Å². The van der Waals surface area contributed by atoms with Crippen LogP contribution in [0.5, 0.6) is 0 Å². The van der Waals surface area contributed by atoms with Crippen molar-refractivity contribution in [2.24, 2.45) is 0 Å². The summed E-state index contributed by atoms with van der Waals surface area (Å²) in [5.41, 5.74) is 1.48. The average Bonchev–Trinajstić information content (AvgIpc) is 3.66. The molecule has 1 fully saturated rings. The molecule has 40 heavy (non-hydrogen) atoms. The van der Waals surface area contributed by atoms with Crippen LogP contribution in [0.4, 0.5) is 26.5 Å². The lowest BCUT2D eigenvalue weighted by atomic mass is 10.0. The van der Waals surface area contributed by atoms with E-state index in [1.807, 2.05) is 0 Å². The molecule has 5 rings (SSSR count).